The SMILES string of the molecule is Cc1cc(F)c([N+](=O)[O-])cc1C(=O)NCC(C)(C)O. The molecule has 0 aliphatic carbocycles. The summed E-state index contributed by atoms with van der Waals surface area (Å²) in [7, 11) is 0. The number of nitro benzene ring substituents is 1. The van der Waals surface area contributed by atoms with Crippen molar-refractivity contribution in [3.8, 4) is 0 Å². The number of halogens is 1. The molecule has 0 heterocycles. The molecule has 19 heavy (non-hydrogen) atoms. The lowest BCUT2D eigenvalue weighted by Crippen LogP contribution is -2.38. The van der Waals surface area contributed by atoms with Gasteiger partial charge in [-0.3, -0.25) is 14.9 Å². The van der Waals surface area contributed by atoms with Gasteiger partial charge in [0, 0.05) is 18.2 Å². The van der Waals surface area contributed by atoms with Crippen LogP contribution in [0.25, 0.3) is 0 Å². The highest BCUT2D eigenvalue weighted by atomic mass is 19.1. The molecule has 7 heteroatoms. The number of aliphatic hydroxyl groups is 1. The summed E-state index contributed by atoms with van der Waals surface area (Å²) < 4.78 is 13.3. The predicted octanol–water partition coefficient (Wildman–Crippen LogP) is 1.54. The van der Waals surface area contributed by atoms with E-state index in [0.29, 0.717) is 0 Å². The van der Waals surface area contributed by atoms with Crippen molar-refractivity contribution in [2.24, 2.45) is 0 Å². The number of carbonyl (C=O) groups is 1. The van der Waals surface area contributed by atoms with Gasteiger partial charge in [-0.05, 0) is 32.4 Å². The summed E-state index contributed by atoms with van der Waals surface area (Å²) in [5.41, 5.74) is -1.55. The number of rotatable bonds is 4. The van der Waals surface area contributed by atoms with Crippen LogP contribution in [0.15, 0.2) is 12.1 Å². The van der Waals surface area contributed by atoms with Crippen LogP contribution in [-0.4, -0.2) is 28.1 Å². The Morgan fingerprint density at radius 1 is 1.53 bits per heavy atom. The minimum atomic E-state index is -1.10. The molecule has 0 fully saturated rings. The molecule has 1 aromatic rings. The maximum atomic E-state index is 13.3. The molecule has 1 aromatic carbocycles. The summed E-state index contributed by atoms with van der Waals surface area (Å²) in [6, 6.07) is 1.83. The number of nitrogens with one attached hydrogen (secondary N) is 1. The second-order valence-corrected chi connectivity index (χ2v) is 4.87. The van der Waals surface area contributed by atoms with Crippen LogP contribution < -0.4 is 5.32 Å². The number of benzene rings is 1. The average Bonchev–Trinajstić information content (AvgIpc) is 2.24. The molecule has 0 radical (unpaired) electrons. The van der Waals surface area contributed by atoms with Gasteiger partial charge in [-0.25, -0.2) is 0 Å². The van der Waals surface area contributed by atoms with Crippen LogP contribution in [0, 0.1) is 22.9 Å². The molecule has 0 aliphatic heterocycles. The summed E-state index contributed by atoms with van der Waals surface area (Å²) in [5.74, 6) is -1.58. The Balaban J connectivity index is 3.03. The zero-order valence-corrected chi connectivity index (χ0v) is 10.9. The fraction of sp³-hybridized carbons (Fsp3) is 0.417. The van der Waals surface area contributed by atoms with Crippen molar-refractivity contribution in [1.29, 1.82) is 0 Å². The molecule has 0 bridgehead atoms. The summed E-state index contributed by atoms with van der Waals surface area (Å²) in [4.78, 5) is 21.6. The average molecular weight is 270 g/mol. The second-order valence-electron chi connectivity index (χ2n) is 4.87. The number of carbonyl (C=O) groups excluding carboxylic acids is 1. The molecule has 0 aromatic heterocycles. The molecular weight excluding hydrogens is 255 g/mol. The third-order valence-electron chi connectivity index (χ3n) is 2.42. The summed E-state index contributed by atoms with van der Waals surface area (Å²) in [6.45, 7) is 4.47. The van der Waals surface area contributed by atoms with E-state index in [1.165, 1.54) is 20.8 Å². The molecule has 2 N–H and O–H groups in total. The van der Waals surface area contributed by atoms with Gasteiger partial charge >= 0.3 is 5.69 Å². The Morgan fingerprint density at radius 2 is 2.11 bits per heavy atom. The van der Waals surface area contributed by atoms with E-state index in [-0.39, 0.29) is 17.7 Å². The van der Waals surface area contributed by atoms with Crippen molar-refractivity contribution >= 4 is 11.6 Å². The molecule has 0 unspecified atom stereocenters. The largest absolute Gasteiger partial charge is 0.389 e. The molecule has 0 aliphatic rings. The summed E-state index contributed by atoms with van der Waals surface area (Å²) >= 11 is 0. The molecule has 0 saturated carbocycles. The molecule has 1 amide bonds. The summed E-state index contributed by atoms with van der Waals surface area (Å²) in [6.07, 6.45) is 0. The van der Waals surface area contributed by atoms with E-state index < -0.39 is 27.9 Å². The van der Waals surface area contributed by atoms with Crippen molar-refractivity contribution in [2.75, 3.05) is 6.54 Å². The maximum absolute atomic E-state index is 13.3. The highest BCUT2D eigenvalue weighted by Gasteiger charge is 2.21. The van der Waals surface area contributed by atoms with E-state index in [1.54, 1.807) is 0 Å². The zero-order valence-electron chi connectivity index (χ0n) is 10.9. The topological polar surface area (TPSA) is 92.5 Å². The van der Waals surface area contributed by atoms with Crippen molar-refractivity contribution < 1.29 is 19.2 Å². The molecule has 104 valence electrons. The first kappa shape index (κ1) is 15.0. The van der Waals surface area contributed by atoms with Gasteiger partial charge in [-0.15, -0.1) is 0 Å². The Bertz CT molecular complexity index is 523. The Morgan fingerprint density at radius 3 is 2.58 bits per heavy atom. The normalized spacial score (nSPS) is 11.2. The smallest absolute Gasteiger partial charge is 0.305 e. The van der Waals surface area contributed by atoms with Crippen molar-refractivity contribution in [2.45, 2.75) is 26.4 Å². The molecule has 0 spiro atoms. The Kier molecular flexibility index (Phi) is 4.21. The van der Waals surface area contributed by atoms with E-state index in [4.69, 9.17) is 0 Å². The molecule has 6 nitrogen and oxygen atoms in total. The van der Waals surface area contributed by atoms with E-state index >= 15 is 0 Å². The van der Waals surface area contributed by atoms with Crippen molar-refractivity contribution in [1.82, 2.24) is 5.32 Å². The maximum Gasteiger partial charge on any atom is 0.305 e. The van der Waals surface area contributed by atoms with Crippen LogP contribution in [0.4, 0.5) is 10.1 Å². The van der Waals surface area contributed by atoms with Crippen LogP contribution >= 0.6 is 0 Å². The van der Waals surface area contributed by atoms with Crippen molar-refractivity contribution in [3.05, 3.63) is 39.2 Å². The Labute approximate surface area is 109 Å². The van der Waals surface area contributed by atoms with Crippen LogP contribution in [-0.2, 0) is 0 Å². The van der Waals surface area contributed by atoms with Crippen molar-refractivity contribution in [3.63, 3.8) is 0 Å². The number of hydrogen-bond acceptors (Lipinski definition) is 4. The monoisotopic (exact) mass is 270 g/mol. The van der Waals surface area contributed by atoms with Crippen LogP contribution in [0.3, 0.4) is 0 Å². The third-order valence-corrected chi connectivity index (χ3v) is 2.42. The fourth-order valence-electron chi connectivity index (χ4n) is 1.44. The minimum absolute atomic E-state index is 0.0114. The predicted molar refractivity (Wildman–Crippen MR) is 66.4 cm³/mol. The zero-order chi connectivity index (χ0) is 14.8. The fourth-order valence-corrected chi connectivity index (χ4v) is 1.44. The highest BCUT2D eigenvalue weighted by molar-refractivity contribution is 5.96. The highest BCUT2D eigenvalue weighted by Crippen LogP contribution is 2.22. The molecule has 0 saturated heterocycles. The van der Waals surface area contributed by atoms with Crippen LogP contribution in [0.2, 0.25) is 0 Å². The van der Waals surface area contributed by atoms with Gasteiger partial charge in [0.2, 0.25) is 5.82 Å². The van der Waals surface area contributed by atoms with Crippen LogP contribution in [0.5, 0.6) is 0 Å². The lowest BCUT2D eigenvalue weighted by molar-refractivity contribution is -0.387. The second kappa shape index (κ2) is 5.31. The Hall–Kier alpha value is -2.02. The lowest BCUT2D eigenvalue weighted by Gasteiger charge is -2.18. The first-order chi connectivity index (χ1) is 8.61. The first-order valence-electron chi connectivity index (χ1n) is 5.57. The quantitative estimate of drug-likeness (QED) is 0.641. The number of aryl methyl sites for hydroxylation is 1. The van der Waals surface area contributed by atoms with Gasteiger partial charge in [0.1, 0.15) is 0 Å². The van der Waals surface area contributed by atoms with Gasteiger partial charge in [0.25, 0.3) is 5.91 Å². The van der Waals surface area contributed by atoms with E-state index in [2.05, 4.69) is 5.32 Å². The molecule has 1 rings (SSSR count). The van der Waals surface area contributed by atoms with E-state index in [1.807, 2.05) is 0 Å². The lowest BCUT2D eigenvalue weighted by atomic mass is 10.1. The van der Waals surface area contributed by atoms with Gasteiger partial charge in [-0.2, -0.15) is 4.39 Å². The van der Waals surface area contributed by atoms with Gasteiger partial charge in [0.15, 0.2) is 0 Å². The standard InChI is InChI=1S/C12H15FN2O4/c1-7-4-9(13)10(15(18)19)5-8(7)11(16)14-6-12(2,3)17/h4-5,17H,6H2,1-3H3,(H,14,16). The van der Waals surface area contributed by atoms with Crippen LogP contribution in [0.1, 0.15) is 29.8 Å². The molecular formula is C12H15FN2O4. The molecule has 0 atom stereocenters. The van der Waals surface area contributed by atoms with Gasteiger partial charge < -0.3 is 10.4 Å². The number of hydrogen-bond donors (Lipinski definition) is 2. The minimum Gasteiger partial charge on any atom is -0.389 e. The number of nitro groups is 1. The first-order valence-corrected chi connectivity index (χ1v) is 5.57. The van der Waals surface area contributed by atoms with E-state index in [0.717, 1.165) is 12.1 Å². The van der Waals surface area contributed by atoms with Gasteiger partial charge in [-0.1, -0.05) is 0 Å². The number of nitrogens with zero attached hydrogens (tertiary/aromatic N) is 1. The van der Waals surface area contributed by atoms with E-state index in [9.17, 15) is 24.4 Å². The van der Waals surface area contributed by atoms with Gasteiger partial charge in [0.05, 0.1) is 10.5 Å². The summed E-state index contributed by atoms with van der Waals surface area (Å²) in [5, 5.41) is 22.5. The third kappa shape index (κ3) is 3.99. The number of amides is 1.